The molecule has 0 fully saturated rings. The number of rotatable bonds is 20. The van der Waals surface area contributed by atoms with Crippen LogP contribution in [0.1, 0.15) is 85.2 Å². The van der Waals surface area contributed by atoms with Gasteiger partial charge in [-0.25, -0.2) is 4.39 Å². The average molecular weight is 781 g/mol. The third-order valence-corrected chi connectivity index (χ3v) is 10.8. The first-order valence-electron chi connectivity index (χ1n) is 19.1. The Morgan fingerprint density at radius 2 is 1.44 bits per heavy atom. The lowest BCUT2D eigenvalue weighted by Gasteiger charge is -2.40. The van der Waals surface area contributed by atoms with E-state index in [2.05, 4.69) is 102 Å². The molecule has 0 saturated heterocycles. The lowest BCUT2D eigenvalue weighted by Crippen LogP contribution is -2.37. The second kappa shape index (κ2) is 22.7. The van der Waals surface area contributed by atoms with Crippen LogP contribution in [0.25, 0.3) is 0 Å². The highest BCUT2D eigenvalue weighted by molar-refractivity contribution is 5.85. The van der Waals surface area contributed by atoms with Crippen molar-refractivity contribution < 1.29 is 18.7 Å². The Kier molecular flexibility index (Phi) is 18.8. The fourth-order valence-electron chi connectivity index (χ4n) is 8.03. The van der Waals surface area contributed by atoms with Gasteiger partial charge in [0, 0.05) is 31.0 Å². The highest BCUT2D eigenvalue weighted by Crippen LogP contribution is 2.43. The molecule has 1 unspecified atom stereocenters. The zero-order valence-corrected chi connectivity index (χ0v) is 34.2. The van der Waals surface area contributed by atoms with Crippen molar-refractivity contribution >= 4 is 30.7 Å². The van der Waals surface area contributed by atoms with Crippen molar-refractivity contribution in [2.75, 3.05) is 54.5 Å². The Bertz CT molecular complexity index is 1640. The van der Waals surface area contributed by atoms with Gasteiger partial charge in [0.1, 0.15) is 5.82 Å². The van der Waals surface area contributed by atoms with Gasteiger partial charge in [0.25, 0.3) is 0 Å². The summed E-state index contributed by atoms with van der Waals surface area (Å²) >= 11 is 0. The Morgan fingerprint density at radius 3 is 2.06 bits per heavy atom. The number of amides is 1. The second-order valence-electron chi connectivity index (χ2n) is 14.5. The number of nitrogens with one attached hydrogen (secondary N) is 1. The largest absolute Gasteiger partial charge is 0.493 e. The molecular formula is C45H60Cl2FN3O3. The number of carbonyl (C=O) groups is 1. The molecule has 0 spiro atoms. The molecule has 6 nitrogen and oxygen atoms in total. The number of hydrogen-bond donors (Lipinski definition) is 1. The predicted octanol–water partition coefficient (Wildman–Crippen LogP) is 9.61. The Hall–Kier alpha value is -3.62. The molecule has 294 valence electrons. The van der Waals surface area contributed by atoms with Gasteiger partial charge in [-0.3, -0.25) is 9.69 Å². The summed E-state index contributed by atoms with van der Waals surface area (Å²) in [6, 6.07) is 33.0. The number of benzene rings is 4. The van der Waals surface area contributed by atoms with E-state index in [1.807, 2.05) is 0 Å². The van der Waals surface area contributed by atoms with Crippen molar-refractivity contribution in [3.05, 3.63) is 131 Å². The minimum atomic E-state index is -0.257. The number of fused-ring (bicyclic) bond motifs is 1. The van der Waals surface area contributed by atoms with Gasteiger partial charge in [-0.05, 0) is 131 Å². The predicted molar refractivity (Wildman–Crippen MR) is 224 cm³/mol. The van der Waals surface area contributed by atoms with Crippen molar-refractivity contribution in [2.24, 2.45) is 0 Å². The summed E-state index contributed by atoms with van der Waals surface area (Å²) in [5, 5.41) is 3.17. The molecule has 54 heavy (non-hydrogen) atoms. The topological polar surface area (TPSA) is 54.0 Å². The number of ether oxygens (including phenoxy) is 2. The number of methoxy groups -OCH3 is 2. The van der Waals surface area contributed by atoms with Crippen LogP contribution in [0.3, 0.4) is 0 Å². The molecule has 1 aliphatic heterocycles. The Morgan fingerprint density at radius 1 is 0.833 bits per heavy atom. The van der Waals surface area contributed by atoms with Gasteiger partial charge in [0.05, 0.1) is 14.2 Å². The highest BCUT2D eigenvalue weighted by atomic mass is 35.5. The van der Waals surface area contributed by atoms with E-state index in [-0.39, 0.29) is 42.0 Å². The maximum Gasteiger partial charge on any atom is 0.220 e. The number of aryl methyl sites for hydroxylation is 1. The first kappa shape index (κ1) is 44.8. The molecule has 4 aromatic carbocycles. The number of halogens is 3. The van der Waals surface area contributed by atoms with E-state index in [4.69, 9.17) is 9.47 Å². The van der Waals surface area contributed by atoms with Crippen LogP contribution in [-0.2, 0) is 23.1 Å². The molecule has 1 N–H and O–H groups in total. The van der Waals surface area contributed by atoms with Gasteiger partial charge in [0.2, 0.25) is 5.91 Å². The summed E-state index contributed by atoms with van der Waals surface area (Å²) in [7, 11) is 7.74. The van der Waals surface area contributed by atoms with E-state index in [9.17, 15) is 9.18 Å². The van der Waals surface area contributed by atoms with Gasteiger partial charge in [-0.15, -0.1) is 24.8 Å². The lowest BCUT2D eigenvalue weighted by atomic mass is 9.68. The summed E-state index contributed by atoms with van der Waals surface area (Å²) in [4.78, 5) is 17.8. The molecule has 0 aliphatic carbocycles. The third kappa shape index (κ3) is 12.2. The van der Waals surface area contributed by atoms with E-state index >= 15 is 0 Å². The quantitative estimate of drug-likeness (QED) is 0.0907. The van der Waals surface area contributed by atoms with Crippen LogP contribution >= 0.6 is 24.8 Å². The van der Waals surface area contributed by atoms with Gasteiger partial charge < -0.3 is 19.7 Å². The number of carbonyl (C=O) groups excluding carboxylic acids is 1. The van der Waals surface area contributed by atoms with Gasteiger partial charge >= 0.3 is 0 Å². The van der Waals surface area contributed by atoms with Crippen LogP contribution in [0.4, 0.5) is 4.39 Å². The summed E-state index contributed by atoms with van der Waals surface area (Å²) in [5.74, 6) is 1.38. The van der Waals surface area contributed by atoms with Gasteiger partial charge in [0.15, 0.2) is 11.5 Å². The smallest absolute Gasteiger partial charge is 0.220 e. The third-order valence-electron chi connectivity index (χ3n) is 10.8. The van der Waals surface area contributed by atoms with Gasteiger partial charge in [-0.1, -0.05) is 79.2 Å². The van der Waals surface area contributed by atoms with E-state index in [1.165, 1.54) is 47.2 Å². The first-order valence-corrected chi connectivity index (χ1v) is 19.1. The summed E-state index contributed by atoms with van der Waals surface area (Å²) in [6.45, 7) is 3.74. The molecule has 1 amide bonds. The Balaban J connectivity index is 0.00000392. The molecular weight excluding hydrogens is 720 g/mol. The van der Waals surface area contributed by atoms with Crippen molar-refractivity contribution in [1.29, 1.82) is 0 Å². The zero-order chi connectivity index (χ0) is 36.8. The lowest BCUT2D eigenvalue weighted by molar-refractivity contribution is -0.121. The van der Waals surface area contributed by atoms with Crippen molar-refractivity contribution in [2.45, 2.75) is 75.7 Å². The first-order chi connectivity index (χ1) is 25.3. The minimum Gasteiger partial charge on any atom is -0.493 e. The van der Waals surface area contributed by atoms with Crippen LogP contribution in [0.5, 0.6) is 11.5 Å². The molecule has 0 bridgehead atoms. The van der Waals surface area contributed by atoms with E-state index in [0.29, 0.717) is 25.4 Å². The molecule has 1 atom stereocenters. The number of unbranched alkanes of at least 4 members (excludes halogenated alkanes) is 1. The van der Waals surface area contributed by atoms with Crippen LogP contribution in [-0.4, -0.2) is 70.2 Å². The normalized spacial score (nSPS) is 14.1. The Labute approximate surface area is 335 Å². The van der Waals surface area contributed by atoms with Crippen molar-refractivity contribution in [3.8, 4) is 11.5 Å². The van der Waals surface area contributed by atoms with Crippen molar-refractivity contribution in [1.82, 2.24) is 15.1 Å². The molecule has 5 rings (SSSR count). The fraction of sp³-hybridized carbons (Fsp3) is 0.444. The van der Waals surface area contributed by atoms with E-state index in [0.717, 1.165) is 75.2 Å². The molecule has 1 heterocycles. The monoisotopic (exact) mass is 779 g/mol. The maximum absolute atomic E-state index is 13.3. The second-order valence-corrected chi connectivity index (χ2v) is 14.5. The van der Waals surface area contributed by atoms with Crippen LogP contribution in [0.2, 0.25) is 0 Å². The molecule has 0 radical (unpaired) electrons. The molecule has 0 saturated carbocycles. The van der Waals surface area contributed by atoms with E-state index in [1.54, 1.807) is 26.4 Å². The van der Waals surface area contributed by atoms with Crippen LogP contribution in [0, 0.1) is 5.82 Å². The maximum atomic E-state index is 13.3. The van der Waals surface area contributed by atoms with Crippen LogP contribution in [0.15, 0.2) is 97.1 Å². The van der Waals surface area contributed by atoms with Crippen LogP contribution < -0.4 is 14.8 Å². The minimum absolute atomic E-state index is 0. The summed E-state index contributed by atoms with van der Waals surface area (Å²) in [6.07, 6.45) is 9.27. The highest BCUT2D eigenvalue weighted by Gasteiger charge is 2.35. The molecule has 9 heteroatoms. The number of hydrogen-bond acceptors (Lipinski definition) is 5. The standard InChI is InChI=1S/C45H58FN3O3.2ClH/c1-48(2)30-12-11-19-41-40-34-43(52-4)42(51-3)33-36(40)26-32-49(41)31-14-28-45(37-15-7-5-8-16-37,38-17-9-6-10-18-38)27-13-29-47-44(50)25-22-35-20-23-39(46)24-21-35;;/h5-10,15-18,20-21,23-24,33-34,41H,11-14,19,22,25-32H2,1-4H3,(H,47,50);2*1H. The fourth-order valence-corrected chi connectivity index (χ4v) is 8.03. The average Bonchev–Trinajstić information content (AvgIpc) is 3.17. The molecule has 0 aromatic heterocycles. The molecule has 4 aromatic rings. The molecule has 1 aliphatic rings. The van der Waals surface area contributed by atoms with E-state index < -0.39 is 0 Å². The summed E-state index contributed by atoms with van der Waals surface area (Å²) in [5.41, 5.74) is 6.17. The zero-order valence-electron chi connectivity index (χ0n) is 32.5. The van der Waals surface area contributed by atoms with Crippen molar-refractivity contribution in [3.63, 3.8) is 0 Å². The SMILES string of the molecule is COc1cc2c(cc1OC)C(CCCCN(C)C)N(CCCC(CCCNC(=O)CCc1ccc(F)cc1)(c1ccccc1)c1ccccc1)CC2.Cl.Cl. The van der Waals surface area contributed by atoms with Gasteiger partial charge in [-0.2, -0.15) is 0 Å². The summed E-state index contributed by atoms with van der Waals surface area (Å²) < 4.78 is 24.8. The number of nitrogens with zero attached hydrogens (tertiary/aromatic N) is 2.